The largest absolute Gasteiger partial charge is 0.497 e. The summed E-state index contributed by atoms with van der Waals surface area (Å²) in [5, 5.41) is 10.3. The van der Waals surface area contributed by atoms with Crippen molar-refractivity contribution in [2.24, 2.45) is 0 Å². The van der Waals surface area contributed by atoms with E-state index in [1.54, 1.807) is 31.4 Å². The number of ether oxygens (including phenoxy) is 1. The molecule has 0 radical (unpaired) electrons. The van der Waals surface area contributed by atoms with E-state index < -0.39 is 0 Å². The Morgan fingerprint density at radius 1 is 0.895 bits per heavy atom. The van der Waals surface area contributed by atoms with Crippen molar-refractivity contribution in [3.05, 3.63) is 102 Å². The Morgan fingerprint density at radius 2 is 1.68 bits per heavy atom. The molecule has 0 spiro atoms. The number of rotatable bonds is 8. The number of amides is 2. The summed E-state index contributed by atoms with van der Waals surface area (Å²) in [5.41, 5.74) is 3.03. The quantitative estimate of drug-likeness (QED) is 0.202. The zero-order chi connectivity index (χ0) is 26.5. The average molecular weight is 540 g/mol. The van der Waals surface area contributed by atoms with E-state index in [0.717, 1.165) is 21.5 Å². The van der Waals surface area contributed by atoms with Gasteiger partial charge in [0.25, 0.3) is 5.91 Å². The molecule has 0 aliphatic rings. The maximum Gasteiger partial charge on any atom is 0.255 e. The number of methoxy groups -OCH3 is 1. The van der Waals surface area contributed by atoms with Crippen molar-refractivity contribution >= 4 is 56.5 Å². The summed E-state index contributed by atoms with van der Waals surface area (Å²) in [4.78, 5) is 30.9. The average Bonchev–Trinajstić information content (AvgIpc) is 3.42. The third-order valence-corrected chi connectivity index (χ3v) is 7.78. The van der Waals surface area contributed by atoms with Crippen molar-refractivity contribution in [1.29, 1.82) is 0 Å². The molecule has 0 saturated heterocycles. The number of anilines is 2. The van der Waals surface area contributed by atoms with Gasteiger partial charge in [0.2, 0.25) is 5.91 Å². The van der Waals surface area contributed by atoms with E-state index >= 15 is 0 Å². The fraction of sp³-hybridized carbons (Fsp3) is 0.100. The lowest BCUT2D eigenvalue weighted by molar-refractivity contribution is -0.115. The number of nitrogens with one attached hydrogen (secondary N) is 2. The third-order valence-electron chi connectivity index (χ3n) is 5.91. The molecule has 2 N–H and O–H groups in total. The number of hydrogen-bond acceptors (Lipinski definition) is 6. The number of nitrogens with zero attached hydrogens (tertiary/aromatic N) is 1. The maximum absolute atomic E-state index is 12.8. The molecule has 1 aromatic heterocycles. The van der Waals surface area contributed by atoms with E-state index in [9.17, 15) is 9.59 Å². The van der Waals surface area contributed by atoms with Crippen molar-refractivity contribution < 1.29 is 14.3 Å². The van der Waals surface area contributed by atoms with Crippen LogP contribution in [0.1, 0.15) is 17.3 Å². The summed E-state index contributed by atoms with van der Waals surface area (Å²) in [6.07, 6.45) is 0. The maximum atomic E-state index is 12.8. The Hall–Kier alpha value is -4.14. The Bertz CT molecular complexity index is 1600. The molecule has 0 fully saturated rings. The smallest absolute Gasteiger partial charge is 0.255 e. The molecule has 0 aliphatic carbocycles. The fourth-order valence-corrected chi connectivity index (χ4v) is 5.45. The fourth-order valence-electron chi connectivity index (χ4n) is 3.86. The summed E-state index contributed by atoms with van der Waals surface area (Å²) < 4.78 is 5.18. The molecular weight excluding hydrogens is 514 g/mol. The van der Waals surface area contributed by atoms with Crippen molar-refractivity contribution in [2.75, 3.05) is 17.7 Å². The Labute approximate surface area is 229 Å². The normalized spacial score (nSPS) is 11.6. The molecule has 1 atom stereocenters. The van der Waals surface area contributed by atoms with Crippen molar-refractivity contribution in [1.82, 2.24) is 4.98 Å². The Morgan fingerprint density at radius 3 is 2.47 bits per heavy atom. The second kappa shape index (κ2) is 11.5. The topological polar surface area (TPSA) is 80.3 Å². The Balaban J connectivity index is 1.17. The minimum Gasteiger partial charge on any atom is -0.497 e. The van der Waals surface area contributed by atoms with Crippen molar-refractivity contribution in [3.63, 3.8) is 0 Å². The molecule has 8 heteroatoms. The first-order valence-corrected chi connectivity index (χ1v) is 13.7. The van der Waals surface area contributed by atoms with E-state index in [4.69, 9.17) is 4.74 Å². The number of thioether (sulfide) groups is 1. The Kier molecular flexibility index (Phi) is 7.72. The first kappa shape index (κ1) is 25.5. The van der Waals surface area contributed by atoms with E-state index in [2.05, 4.69) is 39.9 Å². The highest BCUT2D eigenvalue weighted by atomic mass is 32.2. The minimum absolute atomic E-state index is 0.121. The summed E-state index contributed by atoms with van der Waals surface area (Å²) in [6.45, 7) is 1.86. The predicted molar refractivity (Wildman–Crippen MR) is 156 cm³/mol. The van der Waals surface area contributed by atoms with Gasteiger partial charge in [-0.2, -0.15) is 0 Å². The lowest BCUT2D eigenvalue weighted by Crippen LogP contribution is -2.22. The summed E-state index contributed by atoms with van der Waals surface area (Å²) in [6, 6.07) is 28.8. The van der Waals surface area contributed by atoms with E-state index in [-0.39, 0.29) is 17.1 Å². The molecule has 38 heavy (non-hydrogen) atoms. The second-order valence-corrected chi connectivity index (χ2v) is 10.8. The van der Waals surface area contributed by atoms with Crippen LogP contribution in [0.5, 0.6) is 5.75 Å². The van der Waals surface area contributed by atoms with Crippen LogP contribution in [0.4, 0.5) is 10.8 Å². The molecule has 6 nitrogen and oxygen atoms in total. The van der Waals surface area contributed by atoms with Gasteiger partial charge in [0, 0.05) is 27.1 Å². The van der Waals surface area contributed by atoms with Gasteiger partial charge in [-0.25, -0.2) is 4.98 Å². The highest BCUT2D eigenvalue weighted by Crippen LogP contribution is 2.30. The SMILES string of the molecule is COc1cccc(C(=O)Nc2ccc(SC(C)C(=O)Nc3nc(-c4ccc5ccccc5c4)cs3)cc2)c1. The number of benzene rings is 4. The molecular formula is C30H25N3O3S2. The van der Waals surface area contributed by atoms with E-state index in [1.165, 1.54) is 28.5 Å². The summed E-state index contributed by atoms with van der Waals surface area (Å²) >= 11 is 2.85. The minimum atomic E-state index is -0.333. The second-order valence-electron chi connectivity index (χ2n) is 8.56. The van der Waals surface area contributed by atoms with Crippen LogP contribution < -0.4 is 15.4 Å². The molecule has 5 aromatic rings. The molecule has 0 saturated carbocycles. The zero-order valence-corrected chi connectivity index (χ0v) is 22.4. The highest BCUT2D eigenvalue weighted by molar-refractivity contribution is 8.00. The molecule has 2 amide bonds. The summed E-state index contributed by atoms with van der Waals surface area (Å²) in [7, 11) is 1.56. The number of aromatic nitrogens is 1. The standard InChI is InChI=1S/C30H25N3O3S2/c1-19(38-26-14-12-24(13-15-26)31-29(35)23-8-5-9-25(17-23)36-2)28(34)33-30-32-27(18-37-30)22-11-10-20-6-3-4-7-21(20)16-22/h3-19H,1-2H3,(H,31,35)(H,32,33,34). The van der Waals surface area contributed by atoms with Gasteiger partial charge < -0.3 is 15.4 Å². The zero-order valence-electron chi connectivity index (χ0n) is 20.8. The molecule has 5 rings (SSSR count). The first-order chi connectivity index (χ1) is 18.5. The predicted octanol–water partition coefficient (Wildman–Crippen LogP) is 7.34. The van der Waals surface area contributed by atoms with Crippen molar-refractivity contribution in [3.8, 4) is 17.0 Å². The molecule has 1 unspecified atom stereocenters. The van der Waals surface area contributed by atoms with Gasteiger partial charge in [-0.05, 0) is 66.2 Å². The summed E-state index contributed by atoms with van der Waals surface area (Å²) in [5.74, 6) is 0.285. The number of thiazole rings is 1. The third kappa shape index (κ3) is 6.04. The molecule has 0 bridgehead atoms. The van der Waals surface area contributed by atoms with Crippen LogP contribution in [0.3, 0.4) is 0 Å². The van der Waals surface area contributed by atoms with Gasteiger partial charge >= 0.3 is 0 Å². The van der Waals surface area contributed by atoms with E-state index in [0.29, 0.717) is 22.1 Å². The van der Waals surface area contributed by atoms with Gasteiger partial charge in [-0.15, -0.1) is 23.1 Å². The van der Waals surface area contributed by atoms with Gasteiger partial charge in [0.1, 0.15) is 5.75 Å². The van der Waals surface area contributed by atoms with Crippen LogP contribution in [0, 0.1) is 0 Å². The molecule has 1 heterocycles. The van der Waals surface area contributed by atoms with Crippen LogP contribution in [0.25, 0.3) is 22.0 Å². The number of carbonyl (C=O) groups is 2. The lowest BCUT2D eigenvalue weighted by Gasteiger charge is -2.11. The lowest BCUT2D eigenvalue weighted by atomic mass is 10.1. The van der Waals surface area contributed by atoms with E-state index in [1.807, 2.05) is 54.8 Å². The van der Waals surface area contributed by atoms with Crippen LogP contribution in [0.2, 0.25) is 0 Å². The highest BCUT2D eigenvalue weighted by Gasteiger charge is 2.17. The van der Waals surface area contributed by atoms with Gasteiger partial charge in [-0.3, -0.25) is 9.59 Å². The number of hydrogen-bond donors (Lipinski definition) is 2. The van der Waals surface area contributed by atoms with Crippen LogP contribution >= 0.6 is 23.1 Å². The van der Waals surface area contributed by atoms with Crippen molar-refractivity contribution in [2.45, 2.75) is 17.1 Å². The molecule has 190 valence electrons. The molecule has 4 aromatic carbocycles. The van der Waals surface area contributed by atoms with Gasteiger partial charge in [0.15, 0.2) is 5.13 Å². The van der Waals surface area contributed by atoms with Crippen LogP contribution in [0.15, 0.2) is 101 Å². The monoisotopic (exact) mass is 539 g/mol. The first-order valence-electron chi connectivity index (χ1n) is 12.0. The van der Waals surface area contributed by atoms with Crippen LogP contribution in [-0.4, -0.2) is 29.2 Å². The number of fused-ring (bicyclic) bond motifs is 1. The van der Waals surface area contributed by atoms with Crippen LogP contribution in [-0.2, 0) is 4.79 Å². The molecule has 0 aliphatic heterocycles. The van der Waals surface area contributed by atoms with Gasteiger partial charge in [-0.1, -0.05) is 42.5 Å². The number of carbonyl (C=O) groups excluding carboxylic acids is 2. The van der Waals surface area contributed by atoms with Gasteiger partial charge in [0.05, 0.1) is 18.1 Å².